The fourth-order valence-corrected chi connectivity index (χ4v) is 6.17. The van der Waals surface area contributed by atoms with Crippen LogP contribution in [0.15, 0.2) is 48.9 Å². The minimum absolute atomic E-state index is 0.312. The number of benzene rings is 1. The van der Waals surface area contributed by atoms with Gasteiger partial charge in [0.2, 0.25) is 16.0 Å². The van der Waals surface area contributed by atoms with Crippen molar-refractivity contribution < 1.29 is 12.8 Å². The molecule has 2 aromatic heterocycles. The Morgan fingerprint density at radius 1 is 1.00 bits per heavy atom. The third-order valence-electron chi connectivity index (χ3n) is 6.22. The average Bonchev–Trinajstić information content (AvgIpc) is 3.20. The van der Waals surface area contributed by atoms with E-state index in [-0.39, 0.29) is 5.82 Å². The molecule has 2 aliphatic rings. The van der Waals surface area contributed by atoms with E-state index >= 15 is 0 Å². The Labute approximate surface area is 180 Å². The topological polar surface area (TPSA) is 84.2 Å². The van der Waals surface area contributed by atoms with Gasteiger partial charge in [-0.3, -0.25) is 0 Å². The first-order valence-electron chi connectivity index (χ1n) is 10.2. The number of hydrogen-bond acceptors (Lipinski definition) is 6. The van der Waals surface area contributed by atoms with Crippen LogP contribution < -0.4 is 4.90 Å². The number of hydrogen-bond donors (Lipinski definition) is 0. The summed E-state index contributed by atoms with van der Waals surface area (Å²) in [6.07, 6.45) is 7.52. The van der Waals surface area contributed by atoms with Crippen molar-refractivity contribution in [3.05, 3.63) is 60.6 Å². The van der Waals surface area contributed by atoms with Gasteiger partial charge in [0.15, 0.2) is 0 Å². The summed E-state index contributed by atoms with van der Waals surface area (Å²) in [5.41, 5.74) is 0.788. The predicted octanol–water partition coefficient (Wildman–Crippen LogP) is 2.25. The first-order chi connectivity index (χ1) is 14.9. The van der Waals surface area contributed by atoms with Crippen molar-refractivity contribution in [3.8, 4) is 11.3 Å². The largest absolute Gasteiger partial charge is 0.341 e. The lowest BCUT2D eigenvalue weighted by Crippen LogP contribution is -2.59. The molecule has 1 aromatic carbocycles. The maximum absolute atomic E-state index is 13.8. The van der Waals surface area contributed by atoms with Crippen LogP contribution in [0.4, 0.5) is 10.3 Å². The van der Waals surface area contributed by atoms with Gasteiger partial charge in [0.05, 0.1) is 23.7 Å². The number of imidazole rings is 1. The Kier molecular flexibility index (Phi) is 4.78. The molecule has 1 saturated heterocycles. The van der Waals surface area contributed by atoms with Gasteiger partial charge in [-0.15, -0.1) is 0 Å². The quantitative estimate of drug-likeness (QED) is 0.619. The summed E-state index contributed by atoms with van der Waals surface area (Å²) >= 11 is 0. The van der Waals surface area contributed by atoms with Crippen molar-refractivity contribution >= 4 is 16.0 Å². The van der Waals surface area contributed by atoms with E-state index in [4.69, 9.17) is 0 Å². The molecular weight excluding hydrogens is 419 g/mol. The molecular formula is C21H23FN6O2S. The molecule has 0 aliphatic carbocycles. The summed E-state index contributed by atoms with van der Waals surface area (Å²) in [6, 6.07) is 8.18. The van der Waals surface area contributed by atoms with Crippen molar-refractivity contribution in [2.45, 2.75) is 24.9 Å². The molecule has 0 unspecified atom stereocenters. The molecule has 31 heavy (non-hydrogen) atoms. The number of piperidine rings is 1. The third kappa shape index (κ3) is 3.39. The summed E-state index contributed by atoms with van der Waals surface area (Å²) in [7, 11) is -3.45. The van der Waals surface area contributed by atoms with Crippen molar-refractivity contribution in [1.29, 1.82) is 0 Å². The summed E-state index contributed by atoms with van der Waals surface area (Å²) in [5.74, 6) is 1.05. The minimum Gasteiger partial charge on any atom is -0.341 e. The molecule has 0 radical (unpaired) electrons. The van der Waals surface area contributed by atoms with Gasteiger partial charge in [-0.2, -0.15) is 4.31 Å². The van der Waals surface area contributed by atoms with Crippen molar-refractivity contribution in [2.75, 3.05) is 30.8 Å². The summed E-state index contributed by atoms with van der Waals surface area (Å²) in [4.78, 5) is 15.4. The highest BCUT2D eigenvalue weighted by Gasteiger charge is 2.51. The lowest BCUT2D eigenvalue weighted by molar-refractivity contribution is 0.104. The van der Waals surface area contributed by atoms with Gasteiger partial charge < -0.3 is 9.47 Å². The smallest absolute Gasteiger partial charge is 0.225 e. The fourth-order valence-electron chi connectivity index (χ4n) is 4.86. The average molecular weight is 443 g/mol. The SMILES string of the molecule is CS(=O)(=O)N1CCn2c(-c3cccc(F)c3)cnc2C12CCN(c1ncccn1)CC2. The van der Waals surface area contributed by atoms with Crippen molar-refractivity contribution in [1.82, 2.24) is 23.8 Å². The standard InChI is InChI=1S/C21H23FN6O2S/c1-31(29,30)28-13-12-27-18(16-4-2-5-17(22)14-16)15-25-19(27)21(28)6-10-26(11-7-21)20-23-8-3-9-24-20/h2-5,8-9,14-15H,6-7,10-13H2,1H3. The van der Waals surface area contributed by atoms with Gasteiger partial charge in [0, 0.05) is 44.1 Å². The van der Waals surface area contributed by atoms with Crippen LogP contribution in [0.2, 0.25) is 0 Å². The van der Waals surface area contributed by atoms with E-state index in [1.807, 2.05) is 10.6 Å². The molecule has 1 spiro atoms. The Hall–Kier alpha value is -2.85. The van der Waals surface area contributed by atoms with E-state index in [9.17, 15) is 12.8 Å². The van der Waals surface area contributed by atoms with Gasteiger partial charge in [0.25, 0.3) is 0 Å². The van der Waals surface area contributed by atoms with E-state index in [0.29, 0.717) is 45.0 Å². The number of halogens is 1. The molecule has 0 saturated carbocycles. The lowest BCUT2D eigenvalue weighted by atomic mass is 9.85. The highest BCUT2D eigenvalue weighted by molar-refractivity contribution is 7.88. The first-order valence-corrected chi connectivity index (χ1v) is 12.1. The number of sulfonamides is 1. The maximum atomic E-state index is 13.8. The highest BCUT2D eigenvalue weighted by Crippen LogP contribution is 2.44. The summed E-state index contributed by atoms with van der Waals surface area (Å²) in [6.45, 7) is 2.05. The van der Waals surface area contributed by atoms with Gasteiger partial charge in [-0.1, -0.05) is 12.1 Å². The second-order valence-corrected chi connectivity index (χ2v) is 9.94. The normalized spacial score (nSPS) is 18.8. The zero-order valence-electron chi connectivity index (χ0n) is 17.1. The van der Waals surface area contributed by atoms with Crippen LogP contribution in [0.5, 0.6) is 0 Å². The molecule has 0 amide bonds. The van der Waals surface area contributed by atoms with Gasteiger partial charge in [-0.25, -0.2) is 27.8 Å². The monoisotopic (exact) mass is 442 g/mol. The molecule has 3 aromatic rings. The van der Waals surface area contributed by atoms with Gasteiger partial charge in [-0.05, 0) is 31.0 Å². The molecule has 8 nitrogen and oxygen atoms in total. The molecule has 0 N–H and O–H groups in total. The summed E-state index contributed by atoms with van der Waals surface area (Å²) in [5, 5.41) is 0. The number of aromatic nitrogens is 4. The molecule has 162 valence electrons. The maximum Gasteiger partial charge on any atom is 0.225 e. The predicted molar refractivity (Wildman–Crippen MR) is 114 cm³/mol. The van der Waals surface area contributed by atoms with Crippen LogP contribution in [0, 0.1) is 5.82 Å². The van der Waals surface area contributed by atoms with Crippen LogP contribution in [-0.2, 0) is 22.1 Å². The van der Waals surface area contributed by atoms with E-state index in [2.05, 4.69) is 19.9 Å². The third-order valence-corrected chi connectivity index (χ3v) is 7.55. The fraction of sp³-hybridized carbons (Fsp3) is 0.381. The van der Waals surface area contributed by atoms with E-state index < -0.39 is 15.6 Å². The molecule has 10 heteroatoms. The molecule has 0 bridgehead atoms. The van der Waals surface area contributed by atoms with Gasteiger partial charge >= 0.3 is 0 Å². The van der Waals surface area contributed by atoms with Crippen LogP contribution in [-0.4, -0.2) is 58.1 Å². The Bertz CT molecular complexity index is 1210. The van der Waals surface area contributed by atoms with E-state index in [1.54, 1.807) is 35.0 Å². The number of fused-ring (bicyclic) bond motifs is 2. The zero-order chi connectivity index (χ0) is 21.6. The molecule has 0 atom stereocenters. The van der Waals surface area contributed by atoms with Gasteiger partial charge in [0.1, 0.15) is 11.6 Å². The second-order valence-electron chi connectivity index (χ2n) is 8.03. The number of anilines is 1. The molecule has 5 rings (SSSR count). The summed E-state index contributed by atoms with van der Waals surface area (Å²) < 4.78 is 43.0. The second kappa shape index (κ2) is 7.38. The van der Waals surface area contributed by atoms with Crippen LogP contribution in [0.1, 0.15) is 18.7 Å². The minimum atomic E-state index is -3.45. The Balaban J connectivity index is 1.55. The Morgan fingerprint density at radius 2 is 1.74 bits per heavy atom. The van der Waals surface area contributed by atoms with Crippen LogP contribution in [0.25, 0.3) is 11.3 Å². The van der Waals surface area contributed by atoms with Crippen molar-refractivity contribution in [3.63, 3.8) is 0 Å². The van der Waals surface area contributed by atoms with Crippen LogP contribution >= 0.6 is 0 Å². The number of nitrogens with zero attached hydrogens (tertiary/aromatic N) is 6. The van der Waals surface area contributed by atoms with E-state index in [0.717, 1.165) is 17.1 Å². The molecule has 4 heterocycles. The lowest BCUT2D eigenvalue weighted by Gasteiger charge is -2.49. The first kappa shape index (κ1) is 20.1. The van der Waals surface area contributed by atoms with Crippen molar-refractivity contribution in [2.24, 2.45) is 0 Å². The molecule has 2 aliphatic heterocycles. The number of rotatable bonds is 3. The highest BCUT2D eigenvalue weighted by atomic mass is 32.2. The van der Waals surface area contributed by atoms with E-state index in [1.165, 1.54) is 18.4 Å². The Morgan fingerprint density at radius 3 is 2.42 bits per heavy atom. The van der Waals surface area contributed by atoms with Crippen LogP contribution in [0.3, 0.4) is 0 Å². The molecule has 1 fully saturated rings. The zero-order valence-corrected chi connectivity index (χ0v) is 18.0.